The molecular formula is C3H7ClO3Zn. The Labute approximate surface area is 59.6 Å². The zero-order valence-electron chi connectivity index (χ0n) is 4.38. The van der Waals surface area contributed by atoms with Crippen LogP contribution in [0.1, 0.15) is 0 Å². The molecule has 0 radical (unpaired) electrons. The minimum atomic E-state index is -1.28. The van der Waals surface area contributed by atoms with Gasteiger partial charge >= 0.3 is 59.3 Å². The van der Waals surface area contributed by atoms with Crippen LogP contribution in [0.2, 0.25) is 0 Å². The summed E-state index contributed by atoms with van der Waals surface area (Å²) in [6, 6.07) is 0. The first kappa shape index (κ1) is 8.79. The van der Waals surface area contributed by atoms with Crippen molar-refractivity contribution in [2.75, 3.05) is 13.2 Å². The molecule has 0 bridgehead atoms. The molecule has 0 amide bonds. The van der Waals surface area contributed by atoms with Gasteiger partial charge in [-0.05, 0) is 0 Å². The Kier molecular flexibility index (Phi) is 6.51. The molecule has 0 fully saturated rings. The van der Waals surface area contributed by atoms with Crippen LogP contribution < -0.4 is 0 Å². The summed E-state index contributed by atoms with van der Waals surface area (Å²) < 4.78 is 4.73. The molecule has 3 nitrogen and oxygen atoms in total. The molecule has 0 aromatic heterocycles. The van der Waals surface area contributed by atoms with Gasteiger partial charge in [0.1, 0.15) is 0 Å². The fourth-order valence-corrected chi connectivity index (χ4v) is 1.45. The topological polar surface area (TPSA) is 49.7 Å². The summed E-state index contributed by atoms with van der Waals surface area (Å²) in [7, 11) is 5.28. The SMILES string of the molecule is OCC(O)C[O][Zn][Cl]. The van der Waals surface area contributed by atoms with Gasteiger partial charge in [0.15, 0.2) is 0 Å². The van der Waals surface area contributed by atoms with E-state index in [0.29, 0.717) is 0 Å². The zero-order chi connectivity index (χ0) is 6.41. The number of aliphatic hydroxyl groups excluding tert-OH is 2. The molecule has 1 unspecified atom stereocenters. The van der Waals surface area contributed by atoms with Crippen LogP contribution in [-0.2, 0) is 20.1 Å². The van der Waals surface area contributed by atoms with Crippen LogP contribution in [0.3, 0.4) is 0 Å². The molecule has 0 aliphatic heterocycles. The molecule has 1 atom stereocenters. The standard InChI is InChI=1S/C3H7O3.ClH.Zn/c4-1-3(6)2-5;;/h3-4,6H,1-2H2;1H;/q-1;;+2/p-1. The van der Waals surface area contributed by atoms with Gasteiger partial charge in [0, 0.05) is 0 Å². The van der Waals surface area contributed by atoms with Crippen molar-refractivity contribution < 1.29 is 30.3 Å². The molecule has 0 saturated heterocycles. The zero-order valence-corrected chi connectivity index (χ0v) is 8.10. The van der Waals surface area contributed by atoms with Gasteiger partial charge in [-0.1, -0.05) is 0 Å². The van der Waals surface area contributed by atoms with E-state index in [-0.39, 0.29) is 13.2 Å². The predicted octanol–water partition coefficient (Wildman–Crippen LogP) is -0.492. The van der Waals surface area contributed by atoms with Crippen molar-refractivity contribution in [2.45, 2.75) is 6.10 Å². The Hall–Kier alpha value is 0.793. The van der Waals surface area contributed by atoms with Gasteiger partial charge < -0.3 is 0 Å². The first-order chi connectivity index (χ1) is 3.81. The summed E-state index contributed by atoms with van der Waals surface area (Å²) in [5.41, 5.74) is 0. The molecule has 8 heavy (non-hydrogen) atoms. The molecule has 0 aliphatic rings. The molecule has 0 spiro atoms. The van der Waals surface area contributed by atoms with E-state index >= 15 is 0 Å². The average molecular weight is 192 g/mol. The van der Waals surface area contributed by atoms with Crippen LogP contribution >= 0.6 is 9.69 Å². The first-order valence-corrected chi connectivity index (χ1v) is 7.35. The van der Waals surface area contributed by atoms with E-state index in [1.807, 2.05) is 0 Å². The monoisotopic (exact) mass is 190 g/mol. The van der Waals surface area contributed by atoms with Crippen molar-refractivity contribution >= 4 is 9.69 Å². The van der Waals surface area contributed by atoms with Crippen LogP contribution in [0, 0.1) is 0 Å². The molecule has 2 N–H and O–H groups in total. The molecule has 0 saturated carbocycles. The van der Waals surface area contributed by atoms with Gasteiger partial charge in [-0.15, -0.1) is 0 Å². The second kappa shape index (κ2) is 5.92. The minimum absolute atomic E-state index is 0.181. The molecule has 0 aromatic rings. The average Bonchev–Trinajstić information content (AvgIpc) is 1.83. The number of hydrogen-bond donors (Lipinski definition) is 2. The van der Waals surface area contributed by atoms with Crippen molar-refractivity contribution in [1.82, 2.24) is 0 Å². The van der Waals surface area contributed by atoms with Crippen molar-refractivity contribution in [3.05, 3.63) is 0 Å². The van der Waals surface area contributed by atoms with Gasteiger partial charge in [-0.3, -0.25) is 0 Å². The maximum absolute atomic E-state index is 8.59. The maximum atomic E-state index is 8.59. The van der Waals surface area contributed by atoms with Gasteiger partial charge in [0.05, 0.1) is 0 Å². The Balaban J connectivity index is 2.86. The van der Waals surface area contributed by atoms with Crippen LogP contribution in [0.4, 0.5) is 0 Å². The summed E-state index contributed by atoms with van der Waals surface area (Å²) >= 11 is -1.28. The van der Waals surface area contributed by atoms with E-state index in [2.05, 4.69) is 0 Å². The second-order valence-corrected chi connectivity index (χ2v) is 3.76. The molecule has 46 valence electrons. The van der Waals surface area contributed by atoms with E-state index in [1.165, 1.54) is 0 Å². The number of rotatable bonds is 4. The summed E-state index contributed by atoms with van der Waals surface area (Å²) in [4.78, 5) is 0. The summed E-state index contributed by atoms with van der Waals surface area (Å²) in [5.74, 6) is 0. The van der Waals surface area contributed by atoms with Crippen molar-refractivity contribution in [3.8, 4) is 0 Å². The fourth-order valence-electron chi connectivity index (χ4n) is 0.233. The quantitative estimate of drug-likeness (QED) is 0.590. The number of aliphatic hydroxyl groups is 2. The third kappa shape index (κ3) is 4.94. The van der Waals surface area contributed by atoms with E-state index in [1.54, 1.807) is 0 Å². The fraction of sp³-hybridized carbons (Fsp3) is 1.00. The van der Waals surface area contributed by atoms with Crippen molar-refractivity contribution in [2.24, 2.45) is 0 Å². The Bertz CT molecular complexity index is 53.8. The van der Waals surface area contributed by atoms with Crippen LogP contribution in [0.25, 0.3) is 0 Å². The van der Waals surface area contributed by atoms with Crippen molar-refractivity contribution in [3.63, 3.8) is 0 Å². The third-order valence-corrected chi connectivity index (χ3v) is 2.22. The number of halogens is 1. The van der Waals surface area contributed by atoms with E-state index < -0.39 is 22.6 Å². The predicted molar refractivity (Wildman–Crippen MR) is 24.9 cm³/mol. The summed E-state index contributed by atoms with van der Waals surface area (Å²) in [6.45, 7) is -0.0703. The van der Waals surface area contributed by atoms with E-state index in [0.717, 1.165) is 0 Å². The third-order valence-electron chi connectivity index (χ3n) is 0.598. The van der Waals surface area contributed by atoms with Crippen LogP contribution in [0.15, 0.2) is 0 Å². The van der Waals surface area contributed by atoms with Gasteiger partial charge in [-0.25, -0.2) is 0 Å². The molecular weight excluding hydrogens is 185 g/mol. The summed E-state index contributed by atoms with van der Waals surface area (Å²) in [5, 5.41) is 16.8. The Morgan fingerprint density at radius 2 is 2.38 bits per heavy atom. The van der Waals surface area contributed by atoms with Gasteiger partial charge in [-0.2, -0.15) is 0 Å². The van der Waals surface area contributed by atoms with Gasteiger partial charge in [0.25, 0.3) is 0 Å². The van der Waals surface area contributed by atoms with Gasteiger partial charge in [0.2, 0.25) is 0 Å². The molecule has 0 aromatic carbocycles. The summed E-state index contributed by atoms with van der Waals surface area (Å²) in [6.07, 6.45) is -0.751. The van der Waals surface area contributed by atoms with Crippen molar-refractivity contribution in [1.29, 1.82) is 0 Å². The Morgan fingerprint density at radius 1 is 1.75 bits per heavy atom. The van der Waals surface area contributed by atoms with Crippen LogP contribution in [-0.4, -0.2) is 29.5 Å². The normalized spacial score (nSPS) is 12.9. The Morgan fingerprint density at radius 3 is 2.75 bits per heavy atom. The van der Waals surface area contributed by atoms with E-state index in [4.69, 9.17) is 23.5 Å². The van der Waals surface area contributed by atoms with E-state index in [9.17, 15) is 0 Å². The molecule has 5 heteroatoms. The first-order valence-electron chi connectivity index (χ1n) is 2.24. The molecule has 0 heterocycles. The van der Waals surface area contributed by atoms with Crippen LogP contribution in [0.5, 0.6) is 0 Å². The number of hydrogen-bond acceptors (Lipinski definition) is 3. The second-order valence-electron chi connectivity index (χ2n) is 1.32. The molecule has 0 aliphatic carbocycles. The molecule has 0 rings (SSSR count).